The zero-order chi connectivity index (χ0) is 34.9. The van der Waals surface area contributed by atoms with Gasteiger partial charge in [-0.1, -0.05) is 42.5 Å². The van der Waals surface area contributed by atoms with Crippen LogP contribution in [0, 0.1) is 17.6 Å². The first-order valence-electron chi connectivity index (χ1n) is 15.3. The Labute approximate surface area is 280 Å². The maximum atomic E-state index is 13.6. The number of hydrogen-bond acceptors (Lipinski definition) is 7. The van der Waals surface area contributed by atoms with Crippen molar-refractivity contribution in [1.82, 2.24) is 10.6 Å². The number of hydrogen-bond donors (Lipinski definition) is 4. The van der Waals surface area contributed by atoms with Gasteiger partial charge in [0.25, 0.3) is 5.91 Å². The lowest BCUT2D eigenvalue weighted by molar-refractivity contribution is -0.143. The molecular weight excluding hydrogens is 640 g/mol. The smallest absolute Gasteiger partial charge is 0.328 e. The summed E-state index contributed by atoms with van der Waals surface area (Å²) in [4.78, 5) is 51.9. The van der Waals surface area contributed by atoms with Crippen LogP contribution in [-0.2, 0) is 19.2 Å². The topological polar surface area (TPSA) is 154 Å². The number of carbonyl (C=O) groups excluding carboxylic acids is 3. The number of aliphatic hydroxyl groups is 1. The third-order valence-corrected chi connectivity index (χ3v) is 7.92. The second-order valence-electron chi connectivity index (χ2n) is 11.2. The molecule has 0 spiro atoms. The van der Waals surface area contributed by atoms with Crippen LogP contribution in [-0.4, -0.2) is 59.8 Å². The van der Waals surface area contributed by atoms with E-state index in [9.17, 15) is 38.2 Å². The summed E-state index contributed by atoms with van der Waals surface area (Å²) >= 11 is 0. The highest BCUT2D eigenvalue weighted by molar-refractivity contribution is 6.03. The highest BCUT2D eigenvalue weighted by atomic mass is 19.1. The van der Waals surface area contributed by atoms with Crippen molar-refractivity contribution in [3.63, 3.8) is 0 Å². The minimum absolute atomic E-state index is 0.165. The van der Waals surface area contributed by atoms with Crippen LogP contribution >= 0.6 is 0 Å². The lowest BCUT2D eigenvalue weighted by atomic mass is 9.80. The van der Waals surface area contributed by atoms with Crippen molar-refractivity contribution in [3.8, 4) is 11.5 Å². The number of aliphatic carboxylic acids is 1. The lowest BCUT2D eigenvalue weighted by Gasteiger charge is -2.47. The molecule has 4 unspecified atom stereocenters. The first kappa shape index (κ1) is 34.5. The Morgan fingerprint density at radius 3 is 2.00 bits per heavy atom. The number of nitrogens with zero attached hydrogens (tertiary/aromatic N) is 1. The molecule has 0 saturated carbocycles. The van der Waals surface area contributed by atoms with Crippen LogP contribution in [0.1, 0.15) is 29.6 Å². The molecule has 1 aliphatic rings. The average Bonchev–Trinajstić information content (AvgIpc) is 3.11. The molecule has 1 fully saturated rings. The molecule has 4 aromatic rings. The van der Waals surface area contributed by atoms with Gasteiger partial charge in [0.05, 0.1) is 25.2 Å². The largest absolute Gasteiger partial charge is 0.494 e. The van der Waals surface area contributed by atoms with Crippen LogP contribution < -0.4 is 25.0 Å². The number of amides is 3. The normalized spacial score (nSPS) is 16.6. The predicted octanol–water partition coefficient (Wildman–Crippen LogP) is 3.94. The Morgan fingerprint density at radius 2 is 1.39 bits per heavy atom. The first-order valence-corrected chi connectivity index (χ1v) is 15.3. The van der Waals surface area contributed by atoms with Crippen LogP contribution in [0.4, 0.5) is 14.5 Å². The number of carboxylic acids is 1. The summed E-state index contributed by atoms with van der Waals surface area (Å²) in [6.45, 7) is -1.12. The molecule has 254 valence electrons. The number of rotatable bonds is 15. The van der Waals surface area contributed by atoms with Gasteiger partial charge < -0.3 is 35.2 Å². The molecule has 5 rings (SSSR count). The summed E-state index contributed by atoms with van der Waals surface area (Å²) in [5, 5.41) is 23.3. The lowest BCUT2D eigenvalue weighted by Crippen LogP contribution is -2.55. The minimum atomic E-state index is -1.56. The van der Waals surface area contributed by atoms with E-state index in [1.807, 2.05) is 0 Å². The predicted molar refractivity (Wildman–Crippen MR) is 173 cm³/mol. The average molecular weight is 674 g/mol. The molecule has 0 aromatic heterocycles. The number of carbonyl (C=O) groups is 4. The Kier molecular flexibility index (Phi) is 11.2. The van der Waals surface area contributed by atoms with Gasteiger partial charge in [0.15, 0.2) is 6.61 Å². The third kappa shape index (κ3) is 8.56. The number of halogens is 2. The molecule has 3 amide bonds. The molecule has 1 saturated heterocycles. The molecule has 4 aromatic carbocycles. The van der Waals surface area contributed by atoms with E-state index in [-0.39, 0.29) is 12.5 Å². The number of aliphatic hydroxyl groups excluding tert-OH is 1. The number of carboxylic acid groups (broad SMARTS) is 1. The van der Waals surface area contributed by atoms with Crippen LogP contribution in [0.2, 0.25) is 0 Å². The Hall–Kier alpha value is -5.82. The van der Waals surface area contributed by atoms with Gasteiger partial charge in [-0.2, -0.15) is 0 Å². The van der Waals surface area contributed by atoms with Crippen molar-refractivity contribution in [3.05, 3.63) is 126 Å². The van der Waals surface area contributed by atoms with Crippen molar-refractivity contribution in [2.45, 2.75) is 24.5 Å². The molecule has 4 atom stereocenters. The molecule has 0 aliphatic carbocycles. The molecule has 49 heavy (non-hydrogen) atoms. The number of anilines is 1. The van der Waals surface area contributed by atoms with E-state index in [0.717, 1.165) is 5.56 Å². The number of ether oxygens (including phenoxy) is 2. The van der Waals surface area contributed by atoms with E-state index in [0.29, 0.717) is 29.2 Å². The van der Waals surface area contributed by atoms with E-state index in [1.165, 1.54) is 48.5 Å². The van der Waals surface area contributed by atoms with Gasteiger partial charge in [0, 0.05) is 5.69 Å². The maximum absolute atomic E-state index is 13.6. The van der Waals surface area contributed by atoms with Crippen molar-refractivity contribution < 1.29 is 47.6 Å². The van der Waals surface area contributed by atoms with Gasteiger partial charge in [-0.3, -0.25) is 14.4 Å². The number of benzene rings is 4. The Morgan fingerprint density at radius 1 is 0.796 bits per heavy atom. The van der Waals surface area contributed by atoms with Crippen molar-refractivity contribution >= 4 is 29.4 Å². The summed E-state index contributed by atoms with van der Waals surface area (Å²) in [5.41, 5.74) is 1.66. The molecule has 11 nitrogen and oxygen atoms in total. The van der Waals surface area contributed by atoms with Crippen LogP contribution in [0.25, 0.3) is 0 Å². The van der Waals surface area contributed by atoms with Crippen molar-refractivity contribution in [2.24, 2.45) is 5.92 Å². The summed E-state index contributed by atoms with van der Waals surface area (Å²) in [5.74, 6) is -3.60. The second kappa shape index (κ2) is 15.8. The van der Waals surface area contributed by atoms with Gasteiger partial charge in [0.1, 0.15) is 35.2 Å². The fourth-order valence-electron chi connectivity index (χ4n) is 5.43. The number of β-lactam (4-membered cyclic amide) rings is 1. The molecule has 1 heterocycles. The first-order chi connectivity index (χ1) is 23.6. The van der Waals surface area contributed by atoms with Gasteiger partial charge >= 0.3 is 5.97 Å². The Balaban J connectivity index is 1.24. The molecule has 1 aliphatic heterocycles. The van der Waals surface area contributed by atoms with E-state index >= 15 is 0 Å². The van der Waals surface area contributed by atoms with Crippen molar-refractivity contribution in [1.29, 1.82) is 0 Å². The molecule has 0 radical (unpaired) electrons. The standard InChI is InChI=1S/C36H33F2N3O8/c37-24-8-12-26(13-9-24)41-33(29(35(41)45)18-19-48-27-16-10-25(38)11-17-27)23-6-14-28(15-7-23)49-21-31(43)40-32(22-4-2-1-3-5-22)34(44)39-30(20-42)36(46)47/h1-17,29-30,32-33,42H,18-21H2,(H,39,44)(H,40,43)(H,46,47). The fraction of sp³-hybridized carbons (Fsp3) is 0.222. The van der Waals surface area contributed by atoms with Gasteiger partial charge in [0.2, 0.25) is 11.8 Å². The molecule has 4 N–H and O–H groups in total. The molecular formula is C36H33F2N3O8. The van der Waals surface area contributed by atoms with E-state index in [1.54, 1.807) is 59.5 Å². The quantitative estimate of drug-likeness (QED) is 0.139. The SMILES string of the molecule is O=C(COc1ccc(C2C(CCOc3ccc(F)cc3)C(=O)N2c2ccc(F)cc2)cc1)NC(C(=O)NC(CO)C(=O)O)c1ccccc1. The van der Waals surface area contributed by atoms with E-state index in [2.05, 4.69) is 10.6 Å². The van der Waals surface area contributed by atoms with Gasteiger partial charge in [-0.25, -0.2) is 13.6 Å². The third-order valence-electron chi connectivity index (χ3n) is 7.92. The van der Waals surface area contributed by atoms with Gasteiger partial charge in [-0.05, 0) is 78.2 Å². The zero-order valence-electron chi connectivity index (χ0n) is 26.0. The van der Waals surface area contributed by atoms with E-state index < -0.39 is 66.7 Å². The van der Waals surface area contributed by atoms with Crippen LogP contribution in [0.5, 0.6) is 11.5 Å². The van der Waals surface area contributed by atoms with Crippen LogP contribution in [0.15, 0.2) is 103 Å². The second-order valence-corrected chi connectivity index (χ2v) is 11.2. The Bertz CT molecular complexity index is 1760. The van der Waals surface area contributed by atoms with Gasteiger partial charge in [-0.15, -0.1) is 0 Å². The summed E-state index contributed by atoms with van der Waals surface area (Å²) in [6, 6.07) is 22.9. The monoisotopic (exact) mass is 673 g/mol. The van der Waals surface area contributed by atoms with Crippen LogP contribution in [0.3, 0.4) is 0 Å². The highest BCUT2D eigenvalue weighted by Crippen LogP contribution is 2.45. The zero-order valence-corrected chi connectivity index (χ0v) is 26.0. The molecule has 0 bridgehead atoms. The highest BCUT2D eigenvalue weighted by Gasteiger charge is 2.48. The van der Waals surface area contributed by atoms with Crippen molar-refractivity contribution in [2.75, 3.05) is 24.7 Å². The summed E-state index contributed by atoms with van der Waals surface area (Å²) < 4.78 is 38.3. The number of nitrogens with one attached hydrogen (secondary N) is 2. The van der Waals surface area contributed by atoms with E-state index in [4.69, 9.17) is 9.47 Å². The minimum Gasteiger partial charge on any atom is -0.494 e. The summed E-state index contributed by atoms with van der Waals surface area (Å²) in [7, 11) is 0. The fourth-order valence-corrected chi connectivity index (χ4v) is 5.43. The maximum Gasteiger partial charge on any atom is 0.328 e. The summed E-state index contributed by atoms with van der Waals surface area (Å²) in [6.07, 6.45) is 0.360. The molecule has 13 heteroatoms.